The Balaban J connectivity index is 0.000000968. The van der Waals surface area contributed by atoms with Crippen LogP contribution in [-0.2, 0) is 4.74 Å². The van der Waals surface area contributed by atoms with Crippen molar-refractivity contribution in [2.45, 2.75) is 59.4 Å². The summed E-state index contributed by atoms with van der Waals surface area (Å²) in [5.41, 5.74) is 2.02. The first-order chi connectivity index (χ1) is 16.1. The zero-order valence-corrected chi connectivity index (χ0v) is 19.7. The van der Waals surface area contributed by atoms with Gasteiger partial charge in [0.2, 0.25) is 17.7 Å². The summed E-state index contributed by atoms with van der Waals surface area (Å²) in [4.78, 5) is 26.7. The number of amides is 1. The number of nitrogens with one attached hydrogen (secondary N) is 1. The van der Waals surface area contributed by atoms with Gasteiger partial charge in [-0.2, -0.15) is 9.97 Å². The predicted octanol–water partition coefficient (Wildman–Crippen LogP) is 5.55. The van der Waals surface area contributed by atoms with Crippen LogP contribution in [0.2, 0.25) is 0 Å². The van der Waals surface area contributed by atoms with Crippen LogP contribution in [0.4, 0.5) is 16.6 Å². The summed E-state index contributed by atoms with van der Waals surface area (Å²) in [6, 6.07) is 9.36. The summed E-state index contributed by atoms with van der Waals surface area (Å²) >= 11 is 0. The van der Waals surface area contributed by atoms with Gasteiger partial charge < -0.3 is 14.6 Å². The molecule has 3 aromatic rings. The predicted molar refractivity (Wildman–Crippen MR) is 127 cm³/mol. The SMILES string of the molecule is CCC.CCCCC(Nc1nccc(N2CCOC2=O)n1)c1nc(-c2ccccc2C)no1. The number of carbonyl (C=O) groups is 1. The third-order valence-corrected chi connectivity index (χ3v) is 4.95. The van der Waals surface area contributed by atoms with E-state index in [4.69, 9.17) is 9.26 Å². The smallest absolute Gasteiger partial charge is 0.415 e. The molecule has 2 aromatic heterocycles. The highest BCUT2D eigenvalue weighted by Gasteiger charge is 2.26. The first-order valence-corrected chi connectivity index (χ1v) is 11.5. The molecule has 1 saturated heterocycles. The largest absolute Gasteiger partial charge is 0.447 e. The molecule has 1 aliphatic heterocycles. The number of carbonyl (C=O) groups excluding carboxylic acids is 1. The molecular formula is C24H32N6O3. The van der Waals surface area contributed by atoms with Crippen molar-refractivity contribution in [1.29, 1.82) is 0 Å². The average Bonchev–Trinajstić information content (AvgIpc) is 3.47. The molecule has 3 heterocycles. The van der Waals surface area contributed by atoms with Gasteiger partial charge in [0.25, 0.3) is 0 Å². The zero-order chi connectivity index (χ0) is 23.6. The minimum Gasteiger partial charge on any atom is -0.447 e. The summed E-state index contributed by atoms with van der Waals surface area (Å²) in [6.07, 6.45) is 5.24. The van der Waals surface area contributed by atoms with Crippen molar-refractivity contribution in [3.8, 4) is 11.4 Å². The lowest BCUT2D eigenvalue weighted by Gasteiger charge is -2.16. The number of benzene rings is 1. The van der Waals surface area contributed by atoms with Crippen molar-refractivity contribution in [2.24, 2.45) is 0 Å². The van der Waals surface area contributed by atoms with Crippen molar-refractivity contribution in [3.63, 3.8) is 0 Å². The number of rotatable bonds is 8. The van der Waals surface area contributed by atoms with Crippen LogP contribution in [0.1, 0.15) is 64.0 Å². The van der Waals surface area contributed by atoms with Crippen molar-refractivity contribution in [2.75, 3.05) is 23.4 Å². The molecule has 9 nitrogen and oxygen atoms in total. The minimum absolute atomic E-state index is 0.240. The molecule has 1 aliphatic rings. The van der Waals surface area contributed by atoms with Crippen LogP contribution >= 0.6 is 0 Å². The summed E-state index contributed by atoms with van der Waals surface area (Å²) in [5, 5.41) is 7.46. The minimum atomic E-state index is -0.401. The number of hydrogen-bond acceptors (Lipinski definition) is 8. The van der Waals surface area contributed by atoms with Crippen molar-refractivity contribution >= 4 is 17.9 Å². The van der Waals surface area contributed by atoms with Crippen LogP contribution in [0.3, 0.4) is 0 Å². The molecule has 1 aromatic carbocycles. The van der Waals surface area contributed by atoms with Crippen LogP contribution in [0.5, 0.6) is 0 Å². The third kappa shape index (κ3) is 6.27. The molecule has 1 amide bonds. The number of anilines is 2. The van der Waals surface area contributed by atoms with Gasteiger partial charge in [-0.05, 0) is 25.0 Å². The van der Waals surface area contributed by atoms with Crippen LogP contribution in [0, 0.1) is 6.92 Å². The lowest BCUT2D eigenvalue weighted by Crippen LogP contribution is -2.25. The van der Waals surface area contributed by atoms with Crippen LogP contribution in [0.25, 0.3) is 11.4 Å². The highest BCUT2D eigenvalue weighted by molar-refractivity contribution is 5.88. The maximum atomic E-state index is 11.8. The highest BCUT2D eigenvalue weighted by Crippen LogP contribution is 2.27. The Hall–Kier alpha value is -3.49. The molecule has 1 unspecified atom stereocenters. The van der Waals surface area contributed by atoms with Gasteiger partial charge in [-0.1, -0.05) is 69.5 Å². The molecule has 9 heteroatoms. The van der Waals surface area contributed by atoms with Crippen molar-refractivity contribution in [1.82, 2.24) is 20.1 Å². The van der Waals surface area contributed by atoms with Crippen LogP contribution in [0.15, 0.2) is 41.1 Å². The van der Waals surface area contributed by atoms with E-state index in [2.05, 4.69) is 46.2 Å². The second-order valence-electron chi connectivity index (χ2n) is 7.82. The van der Waals surface area contributed by atoms with E-state index in [9.17, 15) is 4.79 Å². The molecule has 1 fully saturated rings. The van der Waals surface area contributed by atoms with E-state index in [1.165, 1.54) is 11.3 Å². The maximum absolute atomic E-state index is 11.8. The van der Waals surface area contributed by atoms with Crippen molar-refractivity contribution < 1.29 is 14.1 Å². The highest BCUT2D eigenvalue weighted by atomic mass is 16.6. The molecule has 0 spiro atoms. The monoisotopic (exact) mass is 452 g/mol. The Morgan fingerprint density at radius 3 is 2.64 bits per heavy atom. The number of cyclic esters (lactones) is 1. The Morgan fingerprint density at radius 1 is 1.15 bits per heavy atom. The van der Waals surface area contributed by atoms with Gasteiger partial charge >= 0.3 is 6.09 Å². The van der Waals surface area contributed by atoms with E-state index >= 15 is 0 Å². The first kappa shape index (κ1) is 24.2. The summed E-state index contributed by atoms with van der Waals surface area (Å²) < 4.78 is 10.6. The topological polar surface area (TPSA) is 106 Å². The molecule has 1 atom stereocenters. The molecule has 0 bridgehead atoms. The lowest BCUT2D eigenvalue weighted by atomic mass is 10.1. The number of nitrogens with zero attached hydrogens (tertiary/aromatic N) is 5. The normalized spacial score (nSPS) is 13.8. The fourth-order valence-corrected chi connectivity index (χ4v) is 3.30. The molecule has 1 N–H and O–H groups in total. The Kier molecular flexibility index (Phi) is 8.74. The van der Waals surface area contributed by atoms with Gasteiger partial charge in [-0.25, -0.2) is 9.78 Å². The molecule has 33 heavy (non-hydrogen) atoms. The van der Waals surface area contributed by atoms with Gasteiger partial charge in [0, 0.05) is 11.8 Å². The summed E-state index contributed by atoms with van der Waals surface area (Å²) in [6.45, 7) is 9.22. The average molecular weight is 453 g/mol. The first-order valence-electron chi connectivity index (χ1n) is 11.5. The van der Waals surface area contributed by atoms with Gasteiger partial charge in [-0.15, -0.1) is 0 Å². The number of aryl methyl sites for hydroxylation is 1. The number of unbranched alkanes of at least 4 members (excludes halogenated alkanes) is 1. The number of hydrogen-bond donors (Lipinski definition) is 1. The van der Waals surface area contributed by atoms with Gasteiger partial charge in [0.1, 0.15) is 18.5 Å². The van der Waals surface area contributed by atoms with Crippen LogP contribution in [-0.4, -0.2) is 39.4 Å². The standard InChI is InChI=1S/C21H24N6O3.C3H8/c1-3-4-9-16(19-25-18(26-30-19)15-8-6-5-7-14(15)2)23-20-22-11-10-17(24-20)27-12-13-29-21(27)28;1-3-2/h5-8,10-11,16H,3-4,9,12-13H2,1-2H3,(H,22,23,24);3H2,1-2H3. The van der Waals surface area contributed by atoms with E-state index < -0.39 is 6.09 Å². The zero-order valence-electron chi connectivity index (χ0n) is 19.7. The fraction of sp³-hybridized carbons (Fsp3) is 0.458. The Morgan fingerprint density at radius 2 is 1.94 bits per heavy atom. The maximum Gasteiger partial charge on any atom is 0.415 e. The van der Waals surface area contributed by atoms with E-state index in [0.29, 0.717) is 36.6 Å². The molecule has 0 aliphatic carbocycles. The number of aromatic nitrogens is 4. The fourth-order valence-electron chi connectivity index (χ4n) is 3.30. The van der Waals surface area contributed by atoms with Crippen LogP contribution < -0.4 is 10.2 Å². The summed E-state index contributed by atoms with van der Waals surface area (Å²) in [7, 11) is 0. The van der Waals surface area contributed by atoms with Crippen molar-refractivity contribution in [3.05, 3.63) is 48.0 Å². The Labute approximate surface area is 194 Å². The molecule has 4 rings (SSSR count). The van der Waals surface area contributed by atoms with E-state index in [1.807, 2.05) is 31.2 Å². The Bertz CT molecular complexity index is 1040. The lowest BCUT2D eigenvalue weighted by molar-refractivity contribution is 0.181. The summed E-state index contributed by atoms with van der Waals surface area (Å²) in [5.74, 6) is 1.93. The van der Waals surface area contributed by atoms with E-state index in [1.54, 1.807) is 12.3 Å². The van der Waals surface area contributed by atoms with Gasteiger partial charge in [-0.3, -0.25) is 4.90 Å². The molecular weight excluding hydrogens is 420 g/mol. The third-order valence-electron chi connectivity index (χ3n) is 4.95. The molecule has 176 valence electrons. The van der Waals surface area contributed by atoms with E-state index in [-0.39, 0.29) is 6.04 Å². The molecule has 0 saturated carbocycles. The molecule has 0 radical (unpaired) electrons. The second kappa shape index (κ2) is 11.9. The van der Waals surface area contributed by atoms with Gasteiger partial charge in [0.05, 0.1) is 6.54 Å². The van der Waals surface area contributed by atoms with Gasteiger partial charge in [0.15, 0.2) is 0 Å². The number of ether oxygens (including phenoxy) is 1. The quantitative estimate of drug-likeness (QED) is 0.474. The second-order valence-corrected chi connectivity index (χ2v) is 7.82. The van der Waals surface area contributed by atoms with E-state index in [0.717, 1.165) is 30.4 Å².